The van der Waals surface area contributed by atoms with Gasteiger partial charge in [0, 0.05) is 48.0 Å². The van der Waals surface area contributed by atoms with Crippen molar-refractivity contribution in [2.75, 3.05) is 0 Å². The van der Waals surface area contributed by atoms with E-state index in [-0.39, 0.29) is 22.6 Å². The van der Waals surface area contributed by atoms with E-state index < -0.39 is 45.6 Å². The topological polar surface area (TPSA) is 99.8 Å². The van der Waals surface area contributed by atoms with Gasteiger partial charge in [0.1, 0.15) is 29.0 Å². The van der Waals surface area contributed by atoms with Gasteiger partial charge >= 0.3 is 6.61 Å². The maximum absolute atomic E-state index is 16.0. The maximum atomic E-state index is 16.0. The molecule has 3 aromatic heterocycles. The molecule has 0 unspecified atom stereocenters. The average molecular weight is 696 g/mol. The second-order valence-corrected chi connectivity index (χ2v) is 15.8. The number of halogens is 4. The molecule has 1 N–H and O–H groups in total. The molecule has 2 atom stereocenters. The van der Waals surface area contributed by atoms with Crippen LogP contribution in [0.25, 0.3) is 33.5 Å². The average Bonchev–Trinajstić information content (AvgIpc) is 3.82. The van der Waals surface area contributed by atoms with Gasteiger partial charge in [-0.05, 0) is 65.2 Å². The van der Waals surface area contributed by atoms with Gasteiger partial charge in [-0.2, -0.15) is 8.78 Å². The quantitative estimate of drug-likeness (QED) is 0.170. The minimum absolute atomic E-state index is 0.00103. The van der Waals surface area contributed by atoms with Crippen molar-refractivity contribution in [1.82, 2.24) is 34.0 Å². The molecule has 1 aliphatic carbocycles. The number of nitrogens with one attached hydrogen (secondary N) is 1. The lowest BCUT2D eigenvalue weighted by atomic mass is 9.92. The number of imidazole rings is 1. The summed E-state index contributed by atoms with van der Waals surface area (Å²) in [4.78, 5) is 9.21. The van der Waals surface area contributed by atoms with Crippen LogP contribution in [-0.2, 0) is 30.0 Å². The van der Waals surface area contributed by atoms with Crippen LogP contribution in [0.15, 0.2) is 42.6 Å². The van der Waals surface area contributed by atoms with Crippen molar-refractivity contribution in [2.45, 2.75) is 89.2 Å². The number of nitrogens with zero attached hydrogens (tertiary/aromatic N) is 6. The Morgan fingerprint density at radius 2 is 1.82 bits per heavy atom. The van der Waals surface area contributed by atoms with Gasteiger partial charge < -0.3 is 13.9 Å². The predicted octanol–water partition coefficient (Wildman–Crippen LogP) is 7.44. The fourth-order valence-corrected chi connectivity index (χ4v) is 8.10. The van der Waals surface area contributed by atoms with Gasteiger partial charge in [0.05, 0.1) is 44.0 Å². The van der Waals surface area contributed by atoms with Crippen LogP contribution in [0.3, 0.4) is 0 Å². The number of alkyl halides is 2. The molecule has 4 heterocycles. The smallest absolute Gasteiger partial charge is 0.387 e. The molecular weight excluding hydrogens is 658 g/mol. The van der Waals surface area contributed by atoms with Crippen LogP contribution in [0.5, 0.6) is 5.75 Å². The molecular formula is C35H37F4N7O2S. The minimum atomic E-state index is -3.06. The number of pyridine rings is 1. The number of fused-ring (bicyclic) bond motifs is 3. The fourth-order valence-electron chi connectivity index (χ4n) is 7.14. The normalized spacial score (nSPS) is 18.0. The van der Waals surface area contributed by atoms with E-state index in [2.05, 4.69) is 19.9 Å². The standard InChI is InChI=1S/C35H37F4N7O2S/c1-19-42-43-32(45(19)5)21-9-8-10-28(48-33(38)39)30(21)26-11-12-29-41-25-17-23(36)22(16-27(25)46(26)29)20-15-24(37)31(40-18-20)35(13-6-7-14-35)44-49(47)34(2,3)4/h8-10,15-18,26,33,44H,6-7,11-14H2,1-5H3/t26-,49-/m1/s1. The second-order valence-electron chi connectivity index (χ2n) is 13.8. The second kappa shape index (κ2) is 12.3. The number of hydrogen-bond donors (Lipinski definition) is 1. The fraction of sp³-hybridized carbons (Fsp3) is 0.429. The highest BCUT2D eigenvalue weighted by Crippen LogP contribution is 2.45. The van der Waals surface area contributed by atoms with Crippen molar-refractivity contribution in [3.8, 4) is 28.3 Å². The van der Waals surface area contributed by atoms with E-state index >= 15 is 8.78 Å². The first-order chi connectivity index (χ1) is 23.3. The van der Waals surface area contributed by atoms with Gasteiger partial charge in [0.25, 0.3) is 0 Å². The van der Waals surface area contributed by atoms with Crippen molar-refractivity contribution < 1.29 is 26.5 Å². The molecule has 1 saturated carbocycles. The Hall–Kier alpha value is -4.17. The summed E-state index contributed by atoms with van der Waals surface area (Å²) in [6, 6.07) is 8.60. The molecule has 0 amide bonds. The van der Waals surface area contributed by atoms with Gasteiger partial charge in [0.2, 0.25) is 0 Å². The summed E-state index contributed by atoms with van der Waals surface area (Å²) in [5.74, 6) is 0.567. The number of aryl methyl sites for hydroxylation is 2. The van der Waals surface area contributed by atoms with E-state index in [0.29, 0.717) is 65.3 Å². The predicted molar refractivity (Wildman–Crippen MR) is 178 cm³/mol. The minimum Gasteiger partial charge on any atom is -0.434 e. The van der Waals surface area contributed by atoms with Crippen molar-refractivity contribution in [3.63, 3.8) is 0 Å². The summed E-state index contributed by atoms with van der Waals surface area (Å²) in [5, 5.41) is 8.48. The van der Waals surface area contributed by atoms with Gasteiger partial charge in [-0.1, -0.05) is 25.0 Å². The van der Waals surface area contributed by atoms with Crippen molar-refractivity contribution in [1.29, 1.82) is 0 Å². The molecule has 0 saturated heterocycles. The lowest BCUT2D eigenvalue weighted by Crippen LogP contribution is -2.47. The molecule has 258 valence electrons. The van der Waals surface area contributed by atoms with Crippen molar-refractivity contribution in [2.24, 2.45) is 7.05 Å². The van der Waals surface area contributed by atoms with Crippen molar-refractivity contribution in [3.05, 3.63) is 77.1 Å². The van der Waals surface area contributed by atoms with Crippen molar-refractivity contribution >= 4 is 22.0 Å². The third-order valence-corrected chi connectivity index (χ3v) is 11.3. The maximum Gasteiger partial charge on any atom is 0.387 e. The Morgan fingerprint density at radius 3 is 2.47 bits per heavy atom. The van der Waals surface area contributed by atoms with Crippen LogP contribution in [0, 0.1) is 18.6 Å². The van der Waals surface area contributed by atoms with E-state index in [4.69, 9.17) is 9.72 Å². The first-order valence-electron chi connectivity index (χ1n) is 16.3. The van der Waals surface area contributed by atoms with E-state index in [1.165, 1.54) is 24.4 Å². The van der Waals surface area contributed by atoms with E-state index in [1.807, 2.05) is 25.3 Å². The zero-order valence-corrected chi connectivity index (χ0v) is 28.7. The van der Waals surface area contributed by atoms with Crippen LogP contribution >= 0.6 is 0 Å². The first-order valence-corrected chi connectivity index (χ1v) is 17.4. The highest BCUT2D eigenvalue weighted by molar-refractivity contribution is 7.84. The van der Waals surface area contributed by atoms with Gasteiger partial charge in [-0.25, -0.2) is 22.7 Å². The van der Waals surface area contributed by atoms with E-state index in [0.717, 1.165) is 12.8 Å². The third-order valence-electron chi connectivity index (χ3n) is 9.66. The largest absolute Gasteiger partial charge is 0.434 e. The molecule has 0 spiro atoms. The van der Waals surface area contributed by atoms with E-state index in [9.17, 15) is 13.0 Å². The number of ether oxygens (including phenoxy) is 1. The van der Waals surface area contributed by atoms with Crippen LogP contribution in [-0.4, -0.2) is 44.9 Å². The first kappa shape index (κ1) is 33.3. The molecule has 1 aliphatic heterocycles. The molecule has 2 aromatic carbocycles. The molecule has 5 aromatic rings. The Morgan fingerprint density at radius 1 is 1.06 bits per heavy atom. The van der Waals surface area contributed by atoms with Gasteiger partial charge in [0.15, 0.2) is 5.82 Å². The highest BCUT2D eigenvalue weighted by Gasteiger charge is 2.42. The molecule has 0 radical (unpaired) electrons. The summed E-state index contributed by atoms with van der Waals surface area (Å²) < 4.78 is 83.7. The molecule has 9 nitrogen and oxygen atoms in total. The summed E-state index contributed by atoms with van der Waals surface area (Å²) in [6.07, 6.45) is 5.30. The summed E-state index contributed by atoms with van der Waals surface area (Å²) in [5.41, 5.74) is 1.62. The third kappa shape index (κ3) is 5.82. The molecule has 7 rings (SSSR count). The Kier molecular flexibility index (Phi) is 8.37. The monoisotopic (exact) mass is 695 g/mol. The highest BCUT2D eigenvalue weighted by atomic mass is 32.2. The SMILES string of the molecule is Cc1nnc(-c2cccc(OC(F)F)c2[C@H]2CCc3nc4cc(F)c(-c5cnc(C6(N[S@](=O)C(C)(C)C)CCCC6)c(F)c5)cc4n32)n1C. The number of hydrogen-bond acceptors (Lipinski definition) is 6. The van der Waals surface area contributed by atoms with Crippen LogP contribution in [0.1, 0.15) is 81.8 Å². The Labute approximate surface area is 283 Å². The summed E-state index contributed by atoms with van der Waals surface area (Å²) in [6.45, 7) is 4.29. The molecule has 1 fully saturated rings. The van der Waals surface area contributed by atoms with Crippen LogP contribution < -0.4 is 9.46 Å². The molecule has 49 heavy (non-hydrogen) atoms. The van der Waals surface area contributed by atoms with Gasteiger partial charge in [-0.3, -0.25) is 4.98 Å². The zero-order valence-electron chi connectivity index (χ0n) is 27.9. The number of rotatable bonds is 8. The van der Waals surface area contributed by atoms with E-state index in [1.54, 1.807) is 36.7 Å². The van der Waals surface area contributed by atoms with Crippen LogP contribution in [0.4, 0.5) is 17.6 Å². The summed E-state index contributed by atoms with van der Waals surface area (Å²) >= 11 is 0. The molecule has 14 heteroatoms. The lowest BCUT2D eigenvalue weighted by molar-refractivity contribution is -0.0506. The number of aromatic nitrogens is 6. The Bertz CT molecular complexity index is 2100. The number of benzene rings is 2. The molecule has 0 bridgehead atoms. The van der Waals surface area contributed by atoms with Gasteiger partial charge in [-0.15, -0.1) is 10.2 Å². The summed E-state index contributed by atoms with van der Waals surface area (Å²) in [7, 11) is 0.339. The molecule has 2 aliphatic rings. The van der Waals surface area contributed by atoms with Crippen LogP contribution in [0.2, 0.25) is 0 Å². The Balaban J connectivity index is 1.33. The lowest BCUT2D eigenvalue weighted by Gasteiger charge is -2.33. The zero-order chi connectivity index (χ0) is 34.8.